The van der Waals surface area contributed by atoms with E-state index in [4.69, 9.17) is 0 Å². The number of hydrogen-bond donors (Lipinski definition) is 0. The van der Waals surface area contributed by atoms with E-state index in [1.165, 1.54) is 9.75 Å². The average Bonchev–Trinajstić information content (AvgIpc) is 3.45. The van der Waals surface area contributed by atoms with Crippen LogP contribution in [0.5, 0.6) is 0 Å². The summed E-state index contributed by atoms with van der Waals surface area (Å²) in [6.07, 6.45) is 0.333. The smallest absolute Gasteiger partial charge is 0.229 e. The van der Waals surface area contributed by atoms with Gasteiger partial charge in [0, 0.05) is 20.7 Å². The van der Waals surface area contributed by atoms with E-state index in [9.17, 15) is 4.79 Å². The van der Waals surface area contributed by atoms with Crippen LogP contribution >= 0.6 is 34.0 Å². The Bertz CT molecular complexity index is 940. The van der Waals surface area contributed by atoms with Crippen LogP contribution in [-0.4, -0.2) is 15.8 Å². The molecule has 3 heterocycles. The van der Waals surface area contributed by atoms with Gasteiger partial charge in [-0.15, -0.1) is 34.0 Å². The number of thiophene rings is 2. The molecule has 0 atom stereocenters. The maximum atomic E-state index is 13.0. The lowest BCUT2D eigenvalue weighted by Gasteiger charge is -2.21. The second kappa shape index (κ2) is 8.61. The van der Waals surface area contributed by atoms with Gasteiger partial charge < -0.3 is 4.90 Å². The first-order valence-corrected chi connectivity index (χ1v) is 11.2. The topological polar surface area (TPSA) is 33.2 Å². The van der Waals surface area contributed by atoms with Gasteiger partial charge in [-0.25, -0.2) is 4.98 Å². The predicted octanol–water partition coefficient (Wildman–Crippen LogP) is 5.70. The number of nitrogens with zero attached hydrogens (tertiary/aromatic N) is 2. The molecule has 0 fully saturated rings. The summed E-state index contributed by atoms with van der Waals surface area (Å²) in [6, 6.07) is 18.3. The Morgan fingerprint density at radius 3 is 2.11 bits per heavy atom. The summed E-state index contributed by atoms with van der Waals surface area (Å²) in [5.41, 5.74) is 1.93. The number of aromatic nitrogens is 1. The van der Waals surface area contributed by atoms with Crippen molar-refractivity contribution >= 4 is 39.9 Å². The van der Waals surface area contributed by atoms with Crippen molar-refractivity contribution in [2.45, 2.75) is 19.5 Å². The summed E-state index contributed by atoms with van der Waals surface area (Å²) < 4.78 is 0. The quantitative estimate of drug-likeness (QED) is 0.391. The molecule has 1 aromatic carbocycles. The third-order valence-electron chi connectivity index (χ3n) is 4.11. The molecular formula is C21H18N2OS3. The Morgan fingerprint density at radius 2 is 1.52 bits per heavy atom. The average molecular weight is 411 g/mol. The van der Waals surface area contributed by atoms with Gasteiger partial charge in [-0.1, -0.05) is 42.5 Å². The first-order chi connectivity index (χ1) is 13.3. The number of thiazole rings is 1. The maximum Gasteiger partial charge on any atom is 0.229 e. The summed E-state index contributed by atoms with van der Waals surface area (Å²) in [5, 5.41) is 7.06. The molecule has 3 nitrogen and oxygen atoms in total. The highest BCUT2D eigenvalue weighted by atomic mass is 32.1. The number of benzene rings is 1. The number of carbonyl (C=O) groups is 1. The van der Waals surface area contributed by atoms with E-state index in [2.05, 4.69) is 27.9 Å². The molecule has 0 unspecified atom stereocenters. The molecule has 0 aliphatic rings. The van der Waals surface area contributed by atoms with Gasteiger partial charge in [0.1, 0.15) is 5.01 Å². The van der Waals surface area contributed by atoms with Crippen LogP contribution in [0.3, 0.4) is 0 Å². The van der Waals surface area contributed by atoms with Gasteiger partial charge in [-0.3, -0.25) is 4.79 Å². The first-order valence-electron chi connectivity index (χ1n) is 8.60. The molecule has 0 saturated heterocycles. The third-order valence-corrected chi connectivity index (χ3v) is 6.77. The summed E-state index contributed by atoms with van der Waals surface area (Å²) in [5.74, 6) is 0.113. The minimum atomic E-state index is 0.113. The van der Waals surface area contributed by atoms with E-state index in [-0.39, 0.29) is 5.91 Å². The fourth-order valence-corrected chi connectivity index (χ4v) is 5.05. The van der Waals surface area contributed by atoms with Crippen LogP contribution in [0, 0.1) is 0 Å². The molecule has 1 amide bonds. The van der Waals surface area contributed by atoms with E-state index in [1.54, 1.807) is 34.0 Å². The van der Waals surface area contributed by atoms with E-state index in [0.717, 1.165) is 16.3 Å². The highest BCUT2D eigenvalue weighted by molar-refractivity contribution is 7.13. The molecule has 0 spiro atoms. The van der Waals surface area contributed by atoms with Crippen LogP contribution in [0.1, 0.15) is 15.4 Å². The molecule has 0 bridgehead atoms. The van der Waals surface area contributed by atoms with Crippen LogP contribution in [-0.2, 0) is 24.3 Å². The van der Waals surface area contributed by atoms with Gasteiger partial charge in [-0.2, -0.15) is 0 Å². The Kier molecular flexibility index (Phi) is 5.77. The van der Waals surface area contributed by atoms with Crippen LogP contribution in [0.25, 0.3) is 10.6 Å². The van der Waals surface area contributed by atoms with Crippen LogP contribution in [0.15, 0.2) is 70.7 Å². The second-order valence-corrected chi connectivity index (χ2v) is 9.02. The van der Waals surface area contributed by atoms with Gasteiger partial charge in [0.05, 0.1) is 25.2 Å². The highest BCUT2D eigenvalue weighted by Crippen LogP contribution is 2.24. The Balaban J connectivity index is 1.48. The van der Waals surface area contributed by atoms with Crippen molar-refractivity contribution < 1.29 is 4.79 Å². The standard InChI is InChI=1S/C21H18N2OS3/c24-20(12-17-15-27-21(22-17)16-6-2-1-3-7-16)23(13-18-8-4-10-25-18)14-19-9-5-11-26-19/h1-11,15H,12-14H2. The number of carbonyl (C=O) groups excluding carboxylic acids is 1. The highest BCUT2D eigenvalue weighted by Gasteiger charge is 2.18. The van der Waals surface area contributed by atoms with Crippen molar-refractivity contribution in [3.63, 3.8) is 0 Å². The van der Waals surface area contributed by atoms with Crippen molar-refractivity contribution in [3.05, 3.63) is 86.2 Å². The summed E-state index contributed by atoms with van der Waals surface area (Å²) >= 11 is 4.96. The monoisotopic (exact) mass is 410 g/mol. The first kappa shape index (κ1) is 18.1. The van der Waals surface area contributed by atoms with Gasteiger partial charge in [0.2, 0.25) is 5.91 Å². The van der Waals surface area contributed by atoms with E-state index >= 15 is 0 Å². The minimum absolute atomic E-state index is 0.113. The van der Waals surface area contributed by atoms with Crippen molar-refractivity contribution in [2.24, 2.45) is 0 Å². The van der Waals surface area contributed by atoms with Crippen LogP contribution in [0.2, 0.25) is 0 Å². The summed E-state index contributed by atoms with van der Waals surface area (Å²) in [7, 11) is 0. The molecule has 4 aromatic rings. The fraction of sp³-hybridized carbons (Fsp3) is 0.143. The third kappa shape index (κ3) is 4.71. The molecule has 136 valence electrons. The Morgan fingerprint density at radius 1 is 0.852 bits per heavy atom. The minimum Gasteiger partial charge on any atom is -0.332 e. The normalized spacial score (nSPS) is 10.8. The lowest BCUT2D eigenvalue weighted by atomic mass is 10.2. The fourth-order valence-electron chi connectivity index (χ4n) is 2.78. The van der Waals surface area contributed by atoms with Crippen molar-refractivity contribution in [3.8, 4) is 10.6 Å². The van der Waals surface area contributed by atoms with Crippen molar-refractivity contribution in [1.82, 2.24) is 9.88 Å². The predicted molar refractivity (Wildman–Crippen MR) is 114 cm³/mol. The molecule has 3 aromatic heterocycles. The molecule has 6 heteroatoms. The van der Waals surface area contributed by atoms with Gasteiger partial charge in [-0.05, 0) is 22.9 Å². The number of rotatable bonds is 7. The summed E-state index contributed by atoms with van der Waals surface area (Å²) in [6.45, 7) is 1.29. The number of hydrogen-bond acceptors (Lipinski definition) is 5. The largest absolute Gasteiger partial charge is 0.332 e. The van der Waals surface area contributed by atoms with Gasteiger partial charge in [0.25, 0.3) is 0 Å². The molecule has 27 heavy (non-hydrogen) atoms. The SMILES string of the molecule is O=C(Cc1csc(-c2ccccc2)n1)N(Cc1cccs1)Cc1cccs1. The van der Waals surface area contributed by atoms with Crippen LogP contribution < -0.4 is 0 Å². The van der Waals surface area contributed by atoms with Crippen molar-refractivity contribution in [1.29, 1.82) is 0 Å². The molecule has 0 N–H and O–H groups in total. The zero-order chi connectivity index (χ0) is 18.5. The molecule has 0 radical (unpaired) electrons. The molecule has 4 rings (SSSR count). The molecule has 0 saturated carbocycles. The lowest BCUT2D eigenvalue weighted by Crippen LogP contribution is -2.31. The maximum absolute atomic E-state index is 13.0. The zero-order valence-corrected chi connectivity index (χ0v) is 17.0. The Hall–Kier alpha value is -2.28. The number of amides is 1. The van der Waals surface area contributed by atoms with E-state index in [1.807, 2.05) is 52.7 Å². The van der Waals surface area contributed by atoms with Gasteiger partial charge >= 0.3 is 0 Å². The summed E-state index contributed by atoms with van der Waals surface area (Å²) in [4.78, 5) is 22.0. The molecule has 0 aliphatic heterocycles. The van der Waals surface area contributed by atoms with Gasteiger partial charge in [0.15, 0.2) is 0 Å². The lowest BCUT2D eigenvalue weighted by molar-refractivity contribution is -0.131. The molecular weight excluding hydrogens is 392 g/mol. The van der Waals surface area contributed by atoms with E-state index < -0.39 is 0 Å². The second-order valence-electron chi connectivity index (χ2n) is 6.10. The molecule has 0 aliphatic carbocycles. The Labute approximate surface area is 170 Å². The van der Waals surface area contributed by atoms with Crippen LogP contribution in [0.4, 0.5) is 0 Å². The van der Waals surface area contributed by atoms with Crippen molar-refractivity contribution in [2.75, 3.05) is 0 Å². The van der Waals surface area contributed by atoms with E-state index in [0.29, 0.717) is 19.5 Å². The zero-order valence-electron chi connectivity index (χ0n) is 14.6.